The first-order chi connectivity index (χ1) is 12.2. The second-order valence-electron chi connectivity index (χ2n) is 6.20. The van der Waals surface area contributed by atoms with E-state index in [1.54, 1.807) is 30.5 Å². The summed E-state index contributed by atoms with van der Waals surface area (Å²) in [4.78, 5) is 31.0. The highest BCUT2D eigenvalue weighted by atomic mass is 16.3. The molecular weight excluding hydrogens is 318 g/mol. The predicted octanol–water partition coefficient (Wildman–Crippen LogP) is 2.79. The number of aromatic nitrogens is 1. The zero-order valence-corrected chi connectivity index (χ0v) is 14.5. The zero-order chi connectivity index (χ0) is 17.6. The van der Waals surface area contributed by atoms with Crippen molar-refractivity contribution in [3.63, 3.8) is 0 Å². The summed E-state index contributed by atoms with van der Waals surface area (Å²) in [7, 11) is 0. The molecule has 0 atom stereocenters. The van der Waals surface area contributed by atoms with Gasteiger partial charge in [0.2, 0.25) is 0 Å². The van der Waals surface area contributed by atoms with Crippen LogP contribution in [0.4, 0.5) is 0 Å². The first-order valence-corrected chi connectivity index (χ1v) is 8.78. The van der Waals surface area contributed by atoms with Crippen molar-refractivity contribution in [1.29, 1.82) is 0 Å². The number of amides is 2. The van der Waals surface area contributed by atoms with Crippen LogP contribution < -0.4 is 5.32 Å². The van der Waals surface area contributed by atoms with E-state index >= 15 is 0 Å². The Morgan fingerprint density at radius 2 is 1.96 bits per heavy atom. The Kier molecular flexibility index (Phi) is 5.48. The van der Waals surface area contributed by atoms with E-state index in [0.29, 0.717) is 35.7 Å². The Morgan fingerprint density at radius 1 is 1.20 bits per heavy atom. The predicted molar refractivity (Wildman–Crippen MR) is 93.2 cm³/mol. The second-order valence-corrected chi connectivity index (χ2v) is 6.20. The van der Waals surface area contributed by atoms with E-state index in [2.05, 4.69) is 10.3 Å². The van der Waals surface area contributed by atoms with Crippen molar-refractivity contribution < 1.29 is 14.0 Å². The quantitative estimate of drug-likeness (QED) is 0.907. The SMILES string of the molecule is CCc1nc(CNC(=O)c2cccc(C(=O)N3CCCCC3)c2)co1. The summed E-state index contributed by atoms with van der Waals surface area (Å²) in [6, 6.07) is 6.88. The minimum atomic E-state index is -0.227. The van der Waals surface area contributed by atoms with E-state index in [9.17, 15) is 9.59 Å². The van der Waals surface area contributed by atoms with Crippen LogP contribution in [0.5, 0.6) is 0 Å². The maximum absolute atomic E-state index is 12.6. The second kappa shape index (κ2) is 7.96. The molecule has 2 heterocycles. The minimum Gasteiger partial charge on any atom is -0.449 e. The number of carbonyl (C=O) groups is 2. The number of piperidine rings is 1. The summed E-state index contributed by atoms with van der Waals surface area (Å²) in [5, 5.41) is 2.81. The number of hydrogen-bond donors (Lipinski definition) is 1. The van der Waals surface area contributed by atoms with Gasteiger partial charge in [0, 0.05) is 30.6 Å². The summed E-state index contributed by atoms with van der Waals surface area (Å²) < 4.78 is 5.26. The van der Waals surface area contributed by atoms with Crippen LogP contribution in [-0.4, -0.2) is 34.8 Å². The van der Waals surface area contributed by atoms with Gasteiger partial charge >= 0.3 is 0 Å². The lowest BCUT2D eigenvalue weighted by Gasteiger charge is -2.26. The molecule has 0 spiro atoms. The Labute approximate surface area is 147 Å². The van der Waals surface area contributed by atoms with E-state index in [4.69, 9.17) is 4.42 Å². The van der Waals surface area contributed by atoms with Crippen molar-refractivity contribution in [2.75, 3.05) is 13.1 Å². The molecule has 0 aliphatic carbocycles. The van der Waals surface area contributed by atoms with Crippen molar-refractivity contribution in [3.05, 3.63) is 53.2 Å². The number of hydrogen-bond acceptors (Lipinski definition) is 4. The topological polar surface area (TPSA) is 75.4 Å². The van der Waals surface area contributed by atoms with E-state index in [-0.39, 0.29) is 11.8 Å². The van der Waals surface area contributed by atoms with E-state index in [0.717, 1.165) is 25.9 Å². The Hall–Kier alpha value is -2.63. The number of rotatable bonds is 5. The smallest absolute Gasteiger partial charge is 0.253 e. The molecule has 1 aliphatic heterocycles. The average molecular weight is 341 g/mol. The van der Waals surface area contributed by atoms with Crippen LogP contribution in [0, 0.1) is 0 Å². The van der Waals surface area contributed by atoms with Crippen LogP contribution >= 0.6 is 0 Å². The van der Waals surface area contributed by atoms with Crippen LogP contribution in [0.3, 0.4) is 0 Å². The fourth-order valence-corrected chi connectivity index (χ4v) is 2.94. The number of oxazole rings is 1. The van der Waals surface area contributed by atoms with Crippen molar-refractivity contribution in [1.82, 2.24) is 15.2 Å². The fraction of sp³-hybridized carbons (Fsp3) is 0.421. The molecule has 1 aromatic carbocycles. The highest BCUT2D eigenvalue weighted by molar-refractivity contribution is 5.99. The van der Waals surface area contributed by atoms with Gasteiger partial charge in [-0.05, 0) is 37.5 Å². The van der Waals surface area contributed by atoms with Crippen LogP contribution in [0.15, 0.2) is 34.9 Å². The largest absolute Gasteiger partial charge is 0.449 e. The minimum absolute atomic E-state index is 0.00145. The summed E-state index contributed by atoms with van der Waals surface area (Å²) >= 11 is 0. The molecule has 1 N–H and O–H groups in total. The first-order valence-electron chi connectivity index (χ1n) is 8.78. The molecule has 3 rings (SSSR count). The number of nitrogens with one attached hydrogen (secondary N) is 1. The molecule has 0 unspecified atom stereocenters. The Balaban J connectivity index is 1.63. The van der Waals surface area contributed by atoms with Gasteiger partial charge < -0.3 is 14.6 Å². The Bertz CT molecular complexity index is 748. The molecule has 2 amide bonds. The van der Waals surface area contributed by atoms with Crippen LogP contribution in [0.1, 0.15) is 58.5 Å². The number of aryl methyl sites for hydroxylation is 1. The van der Waals surface area contributed by atoms with Gasteiger partial charge in [-0.15, -0.1) is 0 Å². The summed E-state index contributed by atoms with van der Waals surface area (Å²) in [5.41, 5.74) is 1.72. The Morgan fingerprint density at radius 3 is 2.68 bits per heavy atom. The third kappa shape index (κ3) is 4.26. The normalized spacial score (nSPS) is 14.4. The van der Waals surface area contributed by atoms with Crippen molar-refractivity contribution in [3.8, 4) is 0 Å². The molecular formula is C19H23N3O3. The third-order valence-electron chi connectivity index (χ3n) is 4.35. The van der Waals surface area contributed by atoms with E-state index in [1.807, 2.05) is 11.8 Å². The molecule has 2 aromatic rings. The molecule has 0 saturated carbocycles. The standard InChI is InChI=1S/C19H23N3O3/c1-2-17-21-16(13-25-17)12-20-18(23)14-7-6-8-15(11-14)19(24)22-9-4-3-5-10-22/h6-8,11,13H,2-5,9-10,12H2,1H3,(H,20,23). The number of likely N-dealkylation sites (tertiary alicyclic amines) is 1. The molecule has 25 heavy (non-hydrogen) atoms. The third-order valence-corrected chi connectivity index (χ3v) is 4.35. The lowest BCUT2D eigenvalue weighted by molar-refractivity contribution is 0.0724. The fourth-order valence-electron chi connectivity index (χ4n) is 2.94. The number of carbonyl (C=O) groups excluding carboxylic acids is 2. The highest BCUT2D eigenvalue weighted by Gasteiger charge is 2.19. The van der Waals surface area contributed by atoms with Gasteiger partial charge in [0.05, 0.1) is 12.2 Å². The summed E-state index contributed by atoms with van der Waals surface area (Å²) in [6.07, 6.45) is 5.53. The molecule has 6 heteroatoms. The van der Waals surface area contributed by atoms with Gasteiger partial charge in [0.25, 0.3) is 11.8 Å². The van der Waals surface area contributed by atoms with Crippen molar-refractivity contribution in [2.45, 2.75) is 39.2 Å². The van der Waals surface area contributed by atoms with Crippen LogP contribution in [0.25, 0.3) is 0 Å². The number of nitrogens with zero attached hydrogens (tertiary/aromatic N) is 2. The van der Waals surface area contributed by atoms with Gasteiger partial charge in [-0.2, -0.15) is 0 Å². The van der Waals surface area contributed by atoms with Gasteiger partial charge in [0.15, 0.2) is 5.89 Å². The molecule has 6 nitrogen and oxygen atoms in total. The lowest BCUT2D eigenvalue weighted by atomic mass is 10.1. The highest BCUT2D eigenvalue weighted by Crippen LogP contribution is 2.14. The molecule has 1 fully saturated rings. The number of benzene rings is 1. The monoisotopic (exact) mass is 341 g/mol. The summed E-state index contributed by atoms with van der Waals surface area (Å²) in [6.45, 7) is 3.84. The van der Waals surface area contributed by atoms with Crippen LogP contribution in [0.2, 0.25) is 0 Å². The maximum Gasteiger partial charge on any atom is 0.253 e. The zero-order valence-electron chi connectivity index (χ0n) is 14.5. The van der Waals surface area contributed by atoms with Gasteiger partial charge in [-0.25, -0.2) is 4.98 Å². The molecule has 1 aromatic heterocycles. The van der Waals surface area contributed by atoms with Gasteiger partial charge in [-0.1, -0.05) is 13.0 Å². The average Bonchev–Trinajstić information content (AvgIpc) is 3.14. The van der Waals surface area contributed by atoms with Gasteiger partial charge in [0.1, 0.15) is 6.26 Å². The molecule has 1 saturated heterocycles. The maximum atomic E-state index is 12.6. The first kappa shape index (κ1) is 17.2. The molecule has 1 aliphatic rings. The van der Waals surface area contributed by atoms with Crippen LogP contribution in [-0.2, 0) is 13.0 Å². The lowest BCUT2D eigenvalue weighted by Crippen LogP contribution is -2.35. The molecule has 0 radical (unpaired) electrons. The van der Waals surface area contributed by atoms with E-state index in [1.165, 1.54) is 6.42 Å². The van der Waals surface area contributed by atoms with E-state index < -0.39 is 0 Å². The van der Waals surface area contributed by atoms with Crippen molar-refractivity contribution in [2.24, 2.45) is 0 Å². The molecule has 132 valence electrons. The molecule has 0 bridgehead atoms. The summed E-state index contributed by atoms with van der Waals surface area (Å²) in [5.74, 6) is 0.422. The van der Waals surface area contributed by atoms with Crippen molar-refractivity contribution >= 4 is 11.8 Å². The van der Waals surface area contributed by atoms with Gasteiger partial charge in [-0.3, -0.25) is 9.59 Å².